The molecule has 1 unspecified atom stereocenters. The molecular weight excluding hydrogens is 452 g/mol. The summed E-state index contributed by atoms with van der Waals surface area (Å²) in [6.45, 7) is -0.0267. The molecule has 33 heavy (non-hydrogen) atoms. The minimum atomic E-state index is -3.68. The Balaban J connectivity index is 1.55. The van der Waals surface area contributed by atoms with Crippen LogP contribution in [0.5, 0.6) is 0 Å². The minimum Gasteiger partial charge on any atom is -0.354 e. The SMILES string of the molecule is O=C(CC(c1ccccc1)c1ccccc1)NCC(c1cccnc1)S(=O)(=O)c1cccs1. The van der Waals surface area contributed by atoms with E-state index < -0.39 is 15.1 Å². The predicted molar refractivity (Wildman–Crippen MR) is 131 cm³/mol. The third-order valence-electron chi connectivity index (χ3n) is 5.48. The second-order valence-electron chi connectivity index (χ2n) is 7.63. The summed E-state index contributed by atoms with van der Waals surface area (Å²) in [5.74, 6) is -0.332. The van der Waals surface area contributed by atoms with Gasteiger partial charge in [-0.25, -0.2) is 8.42 Å². The van der Waals surface area contributed by atoms with Crippen LogP contribution in [0, 0.1) is 0 Å². The first-order valence-electron chi connectivity index (χ1n) is 10.6. The molecule has 0 spiro atoms. The van der Waals surface area contributed by atoms with Gasteiger partial charge in [0.25, 0.3) is 0 Å². The topological polar surface area (TPSA) is 76.1 Å². The fourth-order valence-corrected chi connectivity index (χ4v) is 6.65. The molecule has 168 valence electrons. The summed E-state index contributed by atoms with van der Waals surface area (Å²) in [5.41, 5.74) is 2.62. The molecule has 0 aliphatic heterocycles. The van der Waals surface area contributed by atoms with Crippen LogP contribution in [-0.2, 0) is 14.6 Å². The number of benzene rings is 2. The minimum absolute atomic E-state index is 0.0267. The van der Waals surface area contributed by atoms with Gasteiger partial charge in [0.15, 0.2) is 9.84 Å². The van der Waals surface area contributed by atoms with Crippen LogP contribution in [-0.4, -0.2) is 25.9 Å². The summed E-state index contributed by atoms with van der Waals surface area (Å²) in [6.07, 6.45) is 3.35. The van der Waals surface area contributed by atoms with E-state index in [1.54, 1.807) is 42.0 Å². The van der Waals surface area contributed by atoms with Gasteiger partial charge in [-0.3, -0.25) is 9.78 Å². The summed E-state index contributed by atoms with van der Waals surface area (Å²) >= 11 is 1.17. The highest BCUT2D eigenvalue weighted by Gasteiger charge is 2.31. The Bertz CT molecular complexity index is 1220. The van der Waals surface area contributed by atoms with Gasteiger partial charge in [-0.1, -0.05) is 72.8 Å². The molecule has 0 saturated heterocycles. The second-order valence-corrected chi connectivity index (χ2v) is 10.9. The standard InChI is InChI=1S/C26H24N2O3S2/c29-25(17-23(20-9-3-1-4-10-20)21-11-5-2-6-12-21)28-19-24(22-13-7-15-27-18-22)33(30,31)26-14-8-16-32-26/h1-16,18,23-24H,17,19H2,(H,28,29). The second kappa shape index (κ2) is 10.6. The molecule has 0 saturated carbocycles. The van der Waals surface area contributed by atoms with Gasteiger partial charge in [0.1, 0.15) is 9.46 Å². The fraction of sp³-hybridized carbons (Fsp3) is 0.154. The van der Waals surface area contributed by atoms with Crippen LogP contribution in [0.25, 0.3) is 0 Å². The lowest BCUT2D eigenvalue weighted by Gasteiger charge is -2.20. The maximum Gasteiger partial charge on any atom is 0.221 e. The molecule has 4 aromatic rings. The quantitative estimate of drug-likeness (QED) is 0.369. The molecule has 2 heterocycles. The average molecular weight is 477 g/mol. The van der Waals surface area contributed by atoms with Gasteiger partial charge in [-0.15, -0.1) is 11.3 Å². The maximum absolute atomic E-state index is 13.3. The van der Waals surface area contributed by atoms with Crippen molar-refractivity contribution >= 4 is 27.1 Å². The molecule has 0 radical (unpaired) electrons. The molecule has 5 nitrogen and oxygen atoms in total. The van der Waals surface area contributed by atoms with Crippen molar-refractivity contribution in [3.63, 3.8) is 0 Å². The Kier molecular flexibility index (Phi) is 7.32. The summed E-state index contributed by atoms with van der Waals surface area (Å²) in [5, 5.41) is 3.69. The van der Waals surface area contributed by atoms with Crippen molar-refractivity contribution in [2.24, 2.45) is 0 Å². The highest BCUT2D eigenvalue weighted by molar-refractivity contribution is 7.93. The van der Waals surface area contributed by atoms with Gasteiger partial charge < -0.3 is 5.32 Å². The van der Waals surface area contributed by atoms with E-state index in [4.69, 9.17) is 0 Å². The van der Waals surface area contributed by atoms with Gasteiger partial charge >= 0.3 is 0 Å². The highest BCUT2D eigenvalue weighted by atomic mass is 32.2. The Morgan fingerprint density at radius 1 is 0.848 bits per heavy atom. The molecule has 0 aliphatic rings. The Labute approximate surface area is 198 Å². The molecule has 7 heteroatoms. The van der Waals surface area contributed by atoms with Crippen molar-refractivity contribution in [2.45, 2.75) is 21.8 Å². The van der Waals surface area contributed by atoms with Gasteiger partial charge in [0.2, 0.25) is 5.91 Å². The molecular formula is C26H24N2O3S2. The van der Waals surface area contributed by atoms with Gasteiger partial charge in [0.05, 0.1) is 0 Å². The molecule has 1 amide bonds. The van der Waals surface area contributed by atoms with Gasteiger partial charge in [0, 0.05) is 31.3 Å². The maximum atomic E-state index is 13.3. The van der Waals surface area contributed by atoms with Crippen LogP contribution in [0.3, 0.4) is 0 Å². The first kappa shape index (κ1) is 22.9. The Morgan fingerprint density at radius 3 is 2.03 bits per heavy atom. The van der Waals surface area contributed by atoms with E-state index in [0.717, 1.165) is 11.1 Å². The van der Waals surface area contributed by atoms with Crippen LogP contribution >= 0.6 is 11.3 Å². The van der Waals surface area contributed by atoms with Gasteiger partial charge in [-0.05, 0) is 34.2 Å². The van der Waals surface area contributed by atoms with E-state index in [1.165, 1.54) is 11.3 Å². The zero-order valence-corrected chi connectivity index (χ0v) is 19.5. The number of sulfone groups is 1. The summed E-state index contributed by atoms with van der Waals surface area (Å²) in [7, 11) is -3.68. The normalized spacial score (nSPS) is 12.4. The van der Waals surface area contributed by atoms with Crippen LogP contribution in [0.15, 0.2) is 107 Å². The first-order valence-corrected chi connectivity index (χ1v) is 13.0. The number of rotatable bonds is 9. The zero-order chi connectivity index (χ0) is 23.1. The molecule has 1 N–H and O–H groups in total. The van der Waals surface area contributed by atoms with Crippen LogP contribution in [0.1, 0.15) is 34.3 Å². The Morgan fingerprint density at radius 2 is 1.48 bits per heavy atom. The number of hydrogen-bond acceptors (Lipinski definition) is 5. The summed E-state index contributed by atoms with van der Waals surface area (Å²) < 4.78 is 26.9. The highest BCUT2D eigenvalue weighted by Crippen LogP contribution is 2.31. The molecule has 0 fully saturated rings. The summed E-state index contributed by atoms with van der Waals surface area (Å²) in [6, 6.07) is 26.5. The van der Waals surface area contributed by atoms with E-state index >= 15 is 0 Å². The third-order valence-corrected chi connectivity index (χ3v) is 9.02. The van der Waals surface area contributed by atoms with Crippen molar-refractivity contribution in [1.29, 1.82) is 0 Å². The van der Waals surface area contributed by atoms with Crippen LogP contribution in [0.2, 0.25) is 0 Å². The van der Waals surface area contributed by atoms with Gasteiger partial charge in [-0.2, -0.15) is 0 Å². The lowest BCUT2D eigenvalue weighted by atomic mass is 9.88. The predicted octanol–water partition coefficient (Wildman–Crippen LogP) is 5.00. The monoisotopic (exact) mass is 476 g/mol. The third kappa shape index (κ3) is 5.56. The first-order chi connectivity index (χ1) is 16.1. The van der Waals surface area contributed by atoms with Crippen molar-refractivity contribution in [3.05, 3.63) is 119 Å². The number of carbonyl (C=O) groups is 1. The molecule has 0 aliphatic carbocycles. The number of aromatic nitrogens is 1. The molecule has 2 aromatic carbocycles. The van der Waals surface area contributed by atoms with E-state index in [1.807, 2.05) is 60.7 Å². The lowest BCUT2D eigenvalue weighted by Crippen LogP contribution is -2.32. The number of pyridine rings is 1. The van der Waals surface area contributed by atoms with Crippen molar-refractivity contribution in [2.75, 3.05) is 6.54 Å². The van der Waals surface area contributed by atoms with Crippen LogP contribution in [0.4, 0.5) is 0 Å². The molecule has 4 rings (SSSR count). The number of amides is 1. The lowest BCUT2D eigenvalue weighted by molar-refractivity contribution is -0.121. The van der Waals surface area contributed by atoms with Crippen molar-refractivity contribution in [1.82, 2.24) is 10.3 Å². The average Bonchev–Trinajstić information content (AvgIpc) is 3.40. The Hall–Kier alpha value is -3.29. The largest absolute Gasteiger partial charge is 0.354 e. The zero-order valence-electron chi connectivity index (χ0n) is 17.9. The fourth-order valence-electron chi connectivity index (χ4n) is 3.80. The van der Waals surface area contributed by atoms with Crippen LogP contribution < -0.4 is 5.32 Å². The van der Waals surface area contributed by atoms with Crippen molar-refractivity contribution in [3.8, 4) is 0 Å². The molecule has 2 aromatic heterocycles. The number of nitrogens with one attached hydrogen (secondary N) is 1. The molecule has 0 bridgehead atoms. The number of hydrogen-bond donors (Lipinski definition) is 1. The van der Waals surface area contributed by atoms with E-state index in [2.05, 4.69) is 10.3 Å². The van der Waals surface area contributed by atoms with E-state index in [-0.39, 0.29) is 29.0 Å². The number of thiophene rings is 1. The number of nitrogens with zero attached hydrogens (tertiary/aromatic N) is 1. The van der Waals surface area contributed by atoms with E-state index in [9.17, 15) is 13.2 Å². The van der Waals surface area contributed by atoms with E-state index in [0.29, 0.717) is 5.56 Å². The smallest absolute Gasteiger partial charge is 0.221 e. The number of carbonyl (C=O) groups excluding carboxylic acids is 1. The van der Waals surface area contributed by atoms with Crippen molar-refractivity contribution < 1.29 is 13.2 Å². The molecule has 1 atom stereocenters. The summed E-state index contributed by atoms with van der Waals surface area (Å²) in [4.78, 5) is 17.1.